The van der Waals surface area contributed by atoms with Crippen LogP contribution in [0.2, 0.25) is 0 Å². The van der Waals surface area contributed by atoms with E-state index < -0.39 is 17.4 Å². The number of aliphatic carboxylic acids is 1. The van der Waals surface area contributed by atoms with Crippen LogP contribution in [-0.4, -0.2) is 59.5 Å². The van der Waals surface area contributed by atoms with Gasteiger partial charge in [-0.05, 0) is 77.3 Å². The molecule has 1 aliphatic heterocycles. The van der Waals surface area contributed by atoms with Crippen LogP contribution < -0.4 is 10.6 Å². The highest BCUT2D eigenvalue weighted by molar-refractivity contribution is 6.20. The van der Waals surface area contributed by atoms with E-state index in [0.717, 1.165) is 50.2 Å². The fraction of sp³-hybridized carbons (Fsp3) is 0.607. The van der Waals surface area contributed by atoms with E-state index in [4.69, 9.17) is 9.72 Å². The average molecular weight is 510 g/mol. The van der Waals surface area contributed by atoms with Crippen LogP contribution >= 0.6 is 0 Å². The second kappa shape index (κ2) is 13.3. The van der Waals surface area contributed by atoms with Crippen molar-refractivity contribution < 1.29 is 19.4 Å². The Bertz CT molecular complexity index is 1070. The molecule has 1 aromatic heterocycles. The second-order valence-corrected chi connectivity index (χ2v) is 10.0. The molecule has 1 amide bonds. The summed E-state index contributed by atoms with van der Waals surface area (Å²) < 4.78 is 5.68. The summed E-state index contributed by atoms with van der Waals surface area (Å²) in [6, 6.07) is 5.22. The van der Waals surface area contributed by atoms with Gasteiger partial charge >= 0.3 is 5.97 Å². The van der Waals surface area contributed by atoms with Crippen molar-refractivity contribution >= 4 is 23.4 Å². The van der Waals surface area contributed by atoms with E-state index in [1.54, 1.807) is 13.0 Å². The van der Waals surface area contributed by atoms with E-state index in [2.05, 4.69) is 33.8 Å². The van der Waals surface area contributed by atoms with Gasteiger partial charge in [0.05, 0.1) is 16.7 Å². The van der Waals surface area contributed by atoms with Crippen LogP contribution in [0, 0.1) is 16.7 Å². The number of aryl methyl sites for hydroxylation is 2. The number of anilines is 1. The van der Waals surface area contributed by atoms with Crippen LogP contribution in [0.1, 0.15) is 70.6 Å². The van der Waals surface area contributed by atoms with E-state index in [0.29, 0.717) is 30.7 Å². The lowest BCUT2D eigenvalue weighted by Crippen LogP contribution is -2.47. The van der Waals surface area contributed by atoms with Crippen molar-refractivity contribution in [3.63, 3.8) is 0 Å². The molecule has 1 atom stereocenters. The maximum absolute atomic E-state index is 13.2. The number of rotatable bonds is 14. The first-order chi connectivity index (χ1) is 17.8. The largest absolute Gasteiger partial charge is 0.480 e. The van der Waals surface area contributed by atoms with Crippen LogP contribution in [0.3, 0.4) is 0 Å². The molecule has 37 heavy (non-hydrogen) atoms. The van der Waals surface area contributed by atoms with Crippen molar-refractivity contribution in [3.05, 3.63) is 35.0 Å². The van der Waals surface area contributed by atoms with E-state index in [1.165, 1.54) is 5.56 Å². The Balaban J connectivity index is 1.43. The van der Waals surface area contributed by atoms with Gasteiger partial charge in [-0.2, -0.15) is 5.26 Å². The van der Waals surface area contributed by atoms with Gasteiger partial charge in [-0.25, -0.2) is 9.78 Å². The summed E-state index contributed by atoms with van der Waals surface area (Å²) in [5.41, 5.74) is 2.22. The lowest BCUT2D eigenvalue weighted by molar-refractivity contribution is -0.142. The van der Waals surface area contributed by atoms with E-state index >= 15 is 0 Å². The summed E-state index contributed by atoms with van der Waals surface area (Å²) in [4.78, 5) is 34.2. The predicted octanol–water partition coefficient (Wildman–Crippen LogP) is 3.84. The number of aliphatic imine (C=N–C) groups is 1. The van der Waals surface area contributed by atoms with Crippen LogP contribution in [0.25, 0.3) is 0 Å². The number of amides is 1. The highest BCUT2D eigenvalue weighted by atomic mass is 16.5. The summed E-state index contributed by atoms with van der Waals surface area (Å²) >= 11 is 0. The molecule has 1 aliphatic carbocycles. The molecule has 9 heteroatoms. The Morgan fingerprint density at radius 1 is 1.32 bits per heavy atom. The van der Waals surface area contributed by atoms with Gasteiger partial charge in [0.25, 0.3) is 0 Å². The summed E-state index contributed by atoms with van der Waals surface area (Å²) in [6.07, 6.45) is 7.76. The van der Waals surface area contributed by atoms with Crippen molar-refractivity contribution in [2.75, 3.05) is 25.1 Å². The van der Waals surface area contributed by atoms with Crippen molar-refractivity contribution in [1.29, 1.82) is 5.26 Å². The molecule has 0 bridgehead atoms. The number of hydrogen-bond acceptors (Lipinski definition) is 7. The third-order valence-electron chi connectivity index (χ3n) is 6.77. The molecule has 1 fully saturated rings. The zero-order valence-electron chi connectivity index (χ0n) is 22.2. The van der Waals surface area contributed by atoms with Gasteiger partial charge in [0.2, 0.25) is 5.91 Å². The summed E-state index contributed by atoms with van der Waals surface area (Å²) in [5, 5.41) is 25.2. The Morgan fingerprint density at radius 2 is 2.11 bits per heavy atom. The molecule has 0 saturated heterocycles. The molecule has 9 nitrogen and oxygen atoms in total. The standard InChI is InChI=1S/C28H39N5O4/c1-4-20(18-29)24(31-19(2)3)28(13-14-28)27(36)33-23(26(34)35)12-17-37-16-6-5-9-22-11-10-21-8-7-15-30-25(21)32-22/h4,10-11,19,23H,5-9,12-17H2,1-3H3,(H,30,32)(H,33,36)(H,34,35)/b20-4-,31-24?. The number of carboxylic acids is 1. The first-order valence-electron chi connectivity index (χ1n) is 13.3. The number of nitriles is 1. The monoisotopic (exact) mass is 509 g/mol. The highest BCUT2D eigenvalue weighted by Gasteiger charge is 2.55. The molecule has 0 aromatic carbocycles. The first-order valence-corrected chi connectivity index (χ1v) is 13.3. The number of aromatic nitrogens is 1. The summed E-state index contributed by atoms with van der Waals surface area (Å²) in [6.45, 7) is 7.23. The van der Waals surface area contributed by atoms with Crippen molar-refractivity contribution in [1.82, 2.24) is 10.3 Å². The number of nitrogens with one attached hydrogen (secondary N) is 2. The van der Waals surface area contributed by atoms with Crippen molar-refractivity contribution in [3.8, 4) is 6.07 Å². The number of nitrogens with zero attached hydrogens (tertiary/aromatic N) is 3. The number of fused-ring (bicyclic) bond motifs is 1. The number of carbonyl (C=O) groups excluding carboxylic acids is 1. The number of allylic oxidation sites excluding steroid dienone is 2. The predicted molar refractivity (Wildman–Crippen MR) is 143 cm³/mol. The Kier molecular flexibility index (Phi) is 10.2. The molecule has 1 unspecified atom stereocenters. The van der Waals surface area contributed by atoms with E-state index in [1.807, 2.05) is 13.8 Å². The lowest BCUT2D eigenvalue weighted by Gasteiger charge is -2.22. The van der Waals surface area contributed by atoms with Gasteiger partial charge in [-0.1, -0.05) is 12.1 Å². The topological polar surface area (TPSA) is 137 Å². The summed E-state index contributed by atoms with van der Waals surface area (Å²) in [5.74, 6) is -0.485. The molecule has 3 N–H and O–H groups in total. The van der Waals surface area contributed by atoms with Crippen LogP contribution in [0.15, 0.2) is 28.8 Å². The van der Waals surface area contributed by atoms with Crippen LogP contribution in [-0.2, 0) is 27.2 Å². The smallest absolute Gasteiger partial charge is 0.326 e. The number of ether oxygens (including phenoxy) is 1. The molecular weight excluding hydrogens is 470 g/mol. The normalized spacial score (nSPS) is 17.4. The molecule has 2 heterocycles. The minimum Gasteiger partial charge on any atom is -0.480 e. The Morgan fingerprint density at radius 3 is 2.76 bits per heavy atom. The fourth-order valence-corrected chi connectivity index (χ4v) is 4.54. The molecule has 1 aromatic rings. The average Bonchev–Trinajstić information content (AvgIpc) is 3.69. The van der Waals surface area contributed by atoms with Gasteiger partial charge in [-0.15, -0.1) is 0 Å². The number of pyridine rings is 1. The quantitative estimate of drug-likeness (QED) is 0.197. The zero-order chi connectivity index (χ0) is 26.8. The minimum absolute atomic E-state index is 0.0908. The van der Waals surface area contributed by atoms with E-state index in [-0.39, 0.29) is 25.0 Å². The zero-order valence-corrected chi connectivity index (χ0v) is 22.2. The van der Waals surface area contributed by atoms with Gasteiger partial charge in [0.1, 0.15) is 17.9 Å². The molecule has 0 spiro atoms. The first kappa shape index (κ1) is 28.3. The van der Waals surface area contributed by atoms with Crippen LogP contribution in [0.5, 0.6) is 0 Å². The van der Waals surface area contributed by atoms with Gasteiger partial charge in [0, 0.05) is 37.9 Å². The van der Waals surface area contributed by atoms with Crippen LogP contribution in [0.4, 0.5) is 5.82 Å². The maximum Gasteiger partial charge on any atom is 0.326 e. The fourth-order valence-electron chi connectivity index (χ4n) is 4.54. The molecule has 2 aliphatic rings. The lowest BCUT2D eigenvalue weighted by atomic mass is 9.92. The number of carboxylic acid groups (broad SMARTS) is 1. The number of hydrogen-bond donors (Lipinski definition) is 3. The molecule has 200 valence electrons. The van der Waals surface area contributed by atoms with E-state index in [9.17, 15) is 20.0 Å². The molecular formula is C28H39N5O4. The SMILES string of the molecule is C/C=C(/C#N)C(=NC(C)C)C1(C(=O)NC(CCOCCCCc2ccc3c(n2)NCCC3)C(=O)O)CC1. The van der Waals surface area contributed by atoms with Gasteiger partial charge in [0.15, 0.2) is 0 Å². The van der Waals surface area contributed by atoms with Crippen molar-refractivity contribution in [2.24, 2.45) is 10.4 Å². The number of unbranched alkanes of at least 4 members (excludes halogenated alkanes) is 1. The Hall–Kier alpha value is -3.25. The van der Waals surface area contributed by atoms with Gasteiger partial charge < -0.3 is 20.5 Å². The highest BCUT2D eigenvalue weighted by Crippen LogP contribution is 2.49. The number of carbonyl (C=O) groups is 2. The third kappa shape index (κ3) is 7.62. The molecule has 3 rings (SSSR count). The molecule has 0 radical (unpaired) electrons. The maximum atomic E-state index is 13.2. The second-order valence-electron chi connectivity index (χ2n) is 10.0. The minimum atomic E-state index is -1.10. The third-order valence-corrected chi connectivity index (χ3v) is 6.77. The van der Waals surface area contributed by atoms with Gasteiger partial charge in [-0.3, -0.25) is 9.79 Å². The Labute approximate surface area is 219 Å². The van der Waals surface area contributed by atoms with Crippen molar-refractivity contribution in [2.45, 2.75) is 84.2 Å². The molecule has 1 saturated carbocycles. The summed E-state index contributed by atoms with van der Waals surface area (Å²) in [7, 11) is 0.